The van der Waals surface area contributed by atoms with Crippen LogP contribution in [0.1, 0.15) is 24.8 Å². The first-order valence-electron chi connectivity index (χ1n) is 5.27. The van der Waals surface area contributed by atoms with Gasteiger partial charge in [0.2, 0.25) is 11.8 Å². The predicted molar refractivity (Wildman–Crippen MR) is 56.0 cm³/mol. The van der Waals surface area contributed by atoms with Crippen LogP contribution in [-0.2, 0) is 9.59 Å². The van der Waals surface area contributed by atoms with Crippen LogP contribution in [0.3, 0.4) is 0 Å². The summed E-state index contributed by atoms with van der Waals surface area (Å²) in [5, 5.41) is 2.19. The lowest BCUT2D eigenvalue weighted by atomic mass is 9.81. The Morgan fingerprint density at radius 3 is 2.65 bits per heavy atom. The summed E-state index contributed by atoms with van der Waals surface area (Å²) in [5.74, 6) is -3.28. The highest BCUT2D eigenvalue weighted by molar-refractivity contribution is 5.99. The van der Waals surface area contributed by atoms with Gasteiger partial charge in [-0.2, -0.15) is 0 Å². The molecule has 3 nitrogen and oxygen atoms in total. The van der Waals surface area contributed by atoms with Crippen molar-refractivity contribution in [3.63, 3.8) is 0 Å². The van der Waals surface area contributed by atoms with E-state index in [4.69, 9.17) is 0 Å². The van der Waals surface area contributed by atoms with E-state index in [1.54, 1.807) is 6.92 Å². The van der Waals surface area contributed by atoms with E-state index in [0.717, 1.165) is 12.1 Å². The van der Waals surface area contributed by atoms with Crippen LogP contribution in [0.2, 0.25) is 0 Å². The topological polar surface area (TPSA) is 46.2 Å². The molecule has 2 rings (SSSR count). The maximum Gasteiger partial charge on any atom is 0.230 e. The average Bonchev–Trinajstić information content (AvgIpc) is 2.24. The Balaban J connectivity index is 2.37. The number of nitrogens with one attached hydrogen (secondary N) is 1. The third kappa shape index (κ3) is 2.18. The summed E-state index contributed by atoms with van der Waals surface area (Å²) < 4.78 is 26.4. The Hall–Kier alpha value is -1.78. The molecule has 1 aliphatic rings. The zero-order valence-corrected chi connectivity index (χ0v) is 9.17. The zero-order chi connectivity index (χ0) is 12.6. The molecule has 1 heterocycles. The number of piperidine rings is 1. The molecule has 17 heavy (non-hydrogen) atoms. The molecule has 2 atom stereocenters. The van der Waals surface area contributed by atoms with Crippen LogP contribution < -0.4 is 5.32 Å². The van der Waals surface area contributed by atoms with Crippen molar-refractivity contribution in [3.8, 4) is 0 Å². The van der Waals surface area contributed by atoms with E-state index in [-0.39, 0.29) is 12.0 Å². The number of carbonyl (C=O) groups is 2. The van der Waals surface area contributed by atoms with Crippen molar-refractivity contribution in [2.45, 2.75) is 19.3 Å². The molecule has 5 heteroatoms. The molecule has 1 aromatic carbocycles. The van der Waals surface area contributed by atoms with Crippen LogP contribution in [0.5, 0.6) is 0 Å². The minimum Gasteiger partial charge on any atom is -0.296 e. The quantitative estimate of drug-likeness (QED) is 0.758. The molecule has 1 fully saturated rings. The van der Waals surface area contributed by atoms with Gasteiger partial charge in [0.25, 0.3) is 0 Å². The number of hydrogen-bond donors (Lipinski definition) is 1. The predicted octanol–water partition coefficient (Wildman–Crippen LogP) is 1.73. The summed E-state index contributed by atoms with van der Waals surface area (Å²) in [7, 11) is 0. The number of benzene rings is 1. The molecule has 1 saturated heterocycles. The lowest BCUT2D eigenvalue weighted by molar-refractivity contribution is -0.136. The zero-order valence-electron chi connectivity index (χ0n) is 9.17. The lowest BCUT2D eigenvalue weighted by Gasteiger charge is -2.27. The van der Waals surface area contributed by atoms with Gasteiger partial charge in [-0.25, -0.2) is 8.78 Å². The van der Waals surface area contributed by atoms with Crippen molar-refractivity contribution in [2.24, 2.45) is 5.92 Å². The highest BCUT2D eigenvalue weighted by atomic mass is 19.1. The van der Waals surface area contributed by atoms with Crippen LogP contribution in [-0.4, -0.2) is 11.8 Å². The standard InChI is InChI=1S/C12H11F2NO2/c1-6-9(5-11(16)15-12(6)17)8-3-2-7(13)4-10(8)14/h2-4,6,9H,5H2,1H3,(H,15,16,17). The molecule has 0 aliphatic carbocycles. The van der Waals surface area contributed by atoms with Crippen molar-refractivity contribution < 1.29 is 18.4 Å². The van der Waals surface area contributed by atoms with E-state index in [2.05, 4.69) is 5.32 Å². The van der Waals surface area contributed by atoms with E-state index in [1.807, 2.05) is 0 Å². The second-order valence-corrected chi connectivity index (χ2v) is 4.18. The fourth-order valence-corrected chi connectivity index (χ4v) is 2.04. The smallest absolute Gasteiger partial charge is 0.230 e. The van der Waals surface area contributed by atoms with Crippen molar-refractivity contribution in [1.82, 2.24) is 5.32 Å². The molecular formula is C12H11F2NO2. The maximum absolute atomic E-state index is 13.6. The third-order valence-corrected chi connectivity index (χ3v) is 3.05. The minimum atomic E-state index is -0.718. The molecule has 2 unspecified atom stereocenters. The summed E-state index contributed by atoms with van der Waals surface area (Å²) in [5.41, 5.74) is 0.210. The van der Waals surface area contributed by atoms with E-state index in [1.165, 1.54) is 6.07 Å². The number of hydrogen-bond acceptors (Lipinski definition) is 2. The number of halogens is 2. The van der Waals surface area contributed by atoms with Gasteiger partial charge in [0, 0.05) is 24.3 Å². The van der Waals surface area contributed by atoms with Gasteiger partial charge in [-0.15, -0.1) is 0 Å². The largest absolute Gasteiger partial charge is 0.296 e. The van der Waals surface area contributed by atoms with Crippen molar-refractivity contribution in [1.29, 1.82) is 0 Å². The second kappa shape index (κ2) is 4.24. The van der Waals surface area contributed by atoms with E-state index in [9.17, 15) is 18.4 Å². The third-order valence-electron chi connectivity index (χ3n) is 3.05. The normalized spacial score (nSPS) is 24.6. The molecule has 0 bridgehead atoms. The van der Waals surface area contributed by atoms with E-state index >= 15 is 0 Å². The molecular weight excluding hydrogens is 228 g/mol. The first-order valence-corrected chi connectivity index (χ1v) is 5.27. The fraction of sp³-hybridized carbons (Fsp3) is 0.333. The first kappa shape index (κ1) is 11.7. The molecule has 1 aliphatic heterocycles. The summed E-state index contributed by atoms with van der Waals surface area (Å²) >= 11 is 0. The summed E-state index contributed by atoms with van der Waals surface area (Å²) in [6.07, 6.45) is 0.0372. The molecule has 0 radical (unpaired) electrons. The maximum atomic E-state index is 13.6. The van der Waals surface area contributed by atoms with Gasteiger partial charge >= 0.3 is 0 Å². The Morgan fingerprint density at radius 2 is 2.00 bits per heavy atom. The molecule has 1 N–H and O–H groups in total. The van der Waals surface area contributed by atoms with Crippen LogP contribution in [0, 0.1) is 17.6 Å². The molecule has 90 valence electrons. The van der Waals surface area contributed by atoms with E-state index < -0.39 is 35.3 Å². The highest BCUT2D eigenvalue weighted by Crippen LogP contribution is 2.32. The lowest BCUT2D eigenvalue weighted by Crippen LogP contribution is -2.43. The van der Waals surface area contributed by atoms with E-state index in [0.29, 0.717) is 0 Å². The Kier molecular flexibility index (Phi) is 2.92. The van der Waals surface area contributed by atoms with Gasteiger partial charge in [-0.3, -0.25) is 14.9 Å². The van der Waals surface area contributed by atoms with Gasteiger partial charge in [-0.05, 0) is 11.6 Å². The summed E-state index contributed by atoms with van der Waals surface area (Å²) in [6, 6.07) is 3.18. The molecule has 1 aromatic rings. The monoisotopic (exact) mass is 239 g/mol. The van der Waals surface area contributed by atoms with Crippen molar-refractivity contribution in [3.05, 3.63) is 35.4 Å². The average molecular weight is 239 g/mol. The first-order chi connectivity index (χ1) is 7.99. The molecule has 0 spiro atoms. The number of amides is 2. The summed E-state index contributed by atoms with van der Waals surface area (Å²) in [4.78, 5) is 22.7. The van der Waals surface area contributed by atoms with Crippen LogP contribution in [0.15, 0.2) is 18.2 Å². The van der Waals surface area contributed by atoms with Gasteiger partial charge in [-0.1, -0.05) is 13.0 Å². The van der Waals surface area contributed by atoms with Crippen molar-refractivity contribution >= 4 is 11.8 Å². The second-order valence-electron chi connectivity index (χ2n) is 4.18. The van der Waals surface area contributed by atoms with Gasteiger partial charge < -0.3 is 0 Å². The van der Waals surface area contributed by atoms with Crippen LogP contribution >= 0.6 is 0 Å². The molecule has 2 amide bonds. The van der Waals surface area contributed by atoms with Crippen molar-refractivity contribution in [2.75, 3.05) is 0 Å². The Labute approximate surface area is 96.8 Å². The van der Waals surface area contributed by atoms with Crippen LogP contribution in [0.25, 0.3) is 0 Å². The van der Waals surface area contributed by atoms with Gasteiger partial charge in [0.15, 0.2) is 0 Å². The molecule has 0 saturated carbocycles. The summed E-state index contributed by atoms with van der Waals surface area (Å²) in [6.45, 7) is 1.62. The number of imide groups is 1. The number of rotatable bonds is 1. The van der Waals surface area contributed by atoms with Crippen LogP contribution in [0.4, 0.5) is 8.78 Å². The highest BCUT2D eigenvalue weighted by Gasteiger charge is 2.34. The molecule has 0 aromatic heterocycles. The number of carbonyl (C=O) groups excluding carboxylic acids is 2. The fourth-order valence-electron chi connectivity index (χ4n) is 2.04. The SMILES string of the molecule is CC1C(=O)NC(=O)CC1c1ccc(F)cc1F. The Bertz CT molecular complexity index is 487. The van der Waals surface area contributed by atoms with Gasteiger partial charge in [0.1, 0.15) is 11.6 Å². The minimum absolute atomic E-state index is 0.0372. The Morgan fingerprint density at radius 1 is 1.29 bits per heavy atom. The van der Waals surface area contributed by atoms with Gasteiger partial charge in [0.05, 0.1) is 0 Å².